The van der Waals surface area contributed by atoms with Crippen molar-refractivity contribution in [2.45, 2.75) is 120 Å². The molecule has 0 bridgehead atoms. The van der Waals surface area contributed by atoms with Gasteiger partial charge in [-0.25, -0.2) is 4.79 Å². The molecule has 0 heterocycles. The molecule has 0 N–H and O–H groups in total. The summed E-state index contributed by atoms with van der Waals surface area (Å²) in [6.45, 7) is 5.14. The van der Waals surface area contributed by atoms with Crippen molar-refractivity contribution in [3.8, 4) is 0 Å². The molecule has 0 atom stereocenters. The first kappa shape index (κ1) is 39.8. The summed E-state index contributed by atoms with van der Waals surface area (Å²) in [4.78, 5) is 12.3. The summed E-state index contributed by atoms with van der Waals surface area (Å²) in [6.07, 6.45) is -4.23. The molecule has 0 aliphatic rings. The van der Waals surface area contributed by atoms with Crippen molar-refractivity contribution >= 4 is 16.3 Å². The highest BCUT2D eigenvalue weighted by Gasteiger charge is 2.94. The maximum absolute atomic E-state index is 14.6. The molecule has 0 saturated heterocycles. The van der Waals surface area contributed by atoms with Gasteiger partial charge in [-0.15, -0.1) is 0 Å². The maximum atomic E-state index is 14.6. The summed E-state index contributed by atoms with van der Waals surface area (Å²) in [5.74, 6) is -52.2. The summed E-state index contributed by atoms with van der Waals surface area (Å²) in [5.41, 5.74) is 0. The molecule has 0 aromatic rings. The number of unbranched alkanes of at least 4 members (excludes halogenated alkanes) is 6. The Morgan fingerprint density at radius 1 is 0.488 bits per heavy atom. The molecule has 0 rings (SSSR count). The van der Waals surface area contributed by atoms with Crippen LogP contribution in [-0.2, 0) is 8.98 Å². The number of hydrogen-bond acceptors (Lipinski definition) is 2. The van der Waals surface area contributed by atoms with E-state index in [2.05, 4.69) is 4.18 Å². The average molecular weight is 659 g/mol. The normalized spacial score (nSPS) is 15.3. The fraction of sp³-hybridized carbons (Fsp3) is 0.957. The Balaban J connectivity index is 6.67. The summed E-state index contributed by atoms with van der Waals surface area (Å²) < 4.78 is 208. The Hall–Kier alpha value is -1.23. The molecule has 0 aliphatic carbocycles. The van der Waals surface area contributed by atoms with Crippen LogP contribution in [0.15, 0.2) is 0 Å². The van der Waals surface area contributed by atoms with E-state index < -0.39 is 58.0 Å². The van der Waals surface area contributed by atoms with Gasteiger partial charge < -0.3 is 4.18 Å². The molecular weight excluding hydrogens is 625 g/mol. The lowest BCUT2D eigenvalue weighted by Crippen LogP contribution is -2.73. The number of halogens is 15. The first-order valence-corrected chi connectivity index (χ1v) is 14.7. The Morgan fingerprint density at radius 3 is 1.07 bits per heavy atom. The van der Waals surface area contributed by atoms with Crippen molar-refractivity contribution < 1.29 is 74.8 Å². The van der Waals surface area contributed by atoms with Crippen LogP contribution in [-0.4, -0.2) is 64.9 Å². The third-order valence-electron chi connectivity index (χ3n) is 6.20. The zero-order valence-electron chi connectivity index (χ0n) is 22.4. The Morgan fingerprint density at radius 2 is 0.780 bits per heavy atom. The molecule has 0 spiro atoms. The highest BCUT2D eigenvalue weighted by molar-refractivity contribution is 8.30. The highest BCUT2D eigenvalue weighted by atomic mass is 32.3. The lowest BCUT2D eigenvalue weighted by molar-refractivity contribution is -0.450. The van der Waals surface area contributed by atoms with Crippen molar-refractivity contribution in [2.75, 3.05) is 17.3 Å². The van der Waals surface area contributed by atoms with E-state index in [0.29, 0.717) is 38.5 Å². The predicted octanol–water partition coefficient (Wildman–Crippen LogP) is 10.2. The zero-order chi connectivity index (χ0) is 32.8. The van der Waals surface area contributed by atoms with E-state index in [0.717, 1.165) is 0 Å². The molecule has 18 heteroatoms. The van der Waals surface area contributed by atoms with Gasteiger partial charge in [0, 0.05) is 17.3 Å². The molecule has 0 radical (unpaired) electrons. The molecule has 0 aromatic heterocycles. The van der Waals surface area contributed by atoms with Crippen LogP contribution in [0, 0.1) is 0 Å². The topological polar surface area (TPSA) is 26.3 Å². The maximum Gasteiger partial charge on any atom is 0.460 e. The monoisotopic (exact) mass is 658 g/mol. The van der Waals surface area contributed by atoms with Crippen LogP contribution in [0.2, 0.25) is 0 Å². The van der Waals surface area contributed by atoms with Crippen molar-refractivity contribution in [2.24, 2.45) is 0 Å². The Labute approximate surface area is 229 Å². The average Bonchev–Trinajstić information content (AvgIpc) is 2.83. The molecule has 2 nitrogen and oxygen atoms in total. The summed E-state index contributed by atoms with van der Waals surface area (Å²) in [5, 5.41) is 0. The molecule has 0 aromatic carbocycles. The second-order valence-corrected chi connectivity index (χ2v) is 12.8. The van der Waals surface area contributed by atoms with Gasteiger partial charge in [0.15, 0.2) is 0 Å². The third kappa shape index (κ3) is 7.84. The Kier molecular flexibility index (Phi) is 13.6. The standard InChI is InChI=1S/C23H33F15O2S/c1-4-7-10-13-41(14-11-8-5-2,15-12-9-6-3)40-16(39)17(24,25)18(26,27)19(28,29)20(30,31)21(32,33)22(34,35)23(36,37)38/h4-15H2,1-3H3. The van der Waals surface area contributed by atoms with Crippen LogP contribution in [0.5, 0.6) is 0 Å². The van der Waals surface area contributed by atoms with Crippen LogP contribution in [0.1, 0.15) is 78.6 Å². The van der Waals surface area contributed by atoms with Crippen LogP contribution in [0.4, 0.5) is 65.9 Å². The first-order valence-electron chi connectivity index (χ1n) is 12.6. The molecular formula is C23H33F15O2S. The SMILES string of the molecule is CCCCCS(CCCCC)(CCCCC)OC(=O)C(F)(F)C(F)(F)C(F)(F)C(F)(F)C(F)(F)C(F)(F)C(F)(F)F. The number of carbonyl (C=O) groups excluding carboxylic acids is 1. The smallest absolute Gasteiger partial charge is 0.411 e. The minimum atomic E-state index is -8.44. The van der Waals surface area contributed by atoms with Crippen molar-refractivity contribution in [1.82, 2.24) is 0 Å². The quantitative estimate of drug-likeness (QED) is 0.102. The van der Waals surface area contributed by atoms with Gasteiger partial charge in [-0.1, -0.05) is 69.6 Å². The largest absolute Gasteiger partial charge is 0.460 e. The van der Waals surface area contributed by atoms with Gasteiger partial charge in [0.05, 0.1) is 0 Å². The van der Waals surface area contributed by atoms with Gasteiger partial charge in [0.25, 0.3) is 0 Å². The van der Waals surface area contributed by atoms with Gasteiger partial charge in [-0.3, -0.25) is 0 Å². The summed E-state index contributed by atoms with van der Waals surface area (Å²) in [6, 6.07) is 0. The van der Waals surface area contributed by atoms with Crippen molar-refractivity contribution in [1.29, 1.82) is 0 Å². The van der Waals surface area contributed by atoms with E-state index in [1.807, 2.05) is 0 Å². The van der Waals surface area contributed by atoms with Gasteiger partial charge in [0.2, 0.25) is 0 Å². The van der Waals surface area contributed by atoms with E-state index >= 15 is 0 Å². The van der Waals surface area contributed by atoms with Crippen LogP contribution < -0.4 is 0 Å². The lowest BCUT2D eigenvalue weighted by atomic mass is 9.91. The minimum Gasteiger partial charge on any atom is -0.411 e. The summed E-state index contributed by atoms with van der Waals surface area (Å²) in [7, 11) is -3.12. The predicted molar refractivity (Wildman–Crippen MR) is 123 cm³/mol. The second-order valence-electron chi connectivity index (χ2n) is 9.51. The number of alkyl halides is 15. The fourth-order valence-electron chi connectivity index (χ4n) is 3.58. The van der Waals surface area contributed by atoms with Crippen LogP contribution >= 0.6 is 10.3 Å². The molecule has 0 aliphatic heterocycles. The van der Waals surface area contributed by atoms with Crippen molar-refractivity contribution in [3.05, 3.63) is 0 Å². The lowest BCUT2D eigenvalue weighted by Gasteiger charge is -2.43. The van der Waals surface area contributed by atoms with E-state index in [1.165, 1.54) is 0 Å². The van der Waals surface area contributed by atoms with E-state index in [9.17, 15) is 70.7 Å². The minimum absolute atomic E-state index is 0.176. The highest BCUT2D eigenvalue weighted by Crippen LogP contribution is 2.63. The molecule has 0 saturated carbocycles. The molecule has 41 heavy (non-hydrogen) atoms. The molecule has 248 valence electrons. The second kappa shape index (κ2) is 14.0. The fourth-order valence-corrected chi connectivity index (χ4v) is 7.06. The van der Waals surface area contributed by atoms with Gasteiger partial charge >= 0.3 is 47.7 Å². The van der Waals surface area contributed by atoms with Gasteiger partial charge in [0.1, 0.15) is 0 Å². The van der Waals surface area contributed by atoms with E-state index in [1.54, 1.807) is 20.8 Å². The number of carbonyl (C=O) groups is 1. The van der Waals surface area contributed by atoms with Gasteiger partial charge in [-0.2, -0.15) is 65.9 Å². The first-order chi connectivity index (χ1) is 18.3. The number of hydrogen-bond donors (Lipinski definition) is 0. The van der Waals surface area contributed by atoms with Crippen molar-refractivity contribution in [3.63, 3.8) is 0 Å². The zero-order valence-corrected chi connectivity index (χ0v) is 23.2. The van der Waals surface area contributed by atoms with E-state index in [-0.39, 0.29) is 36.5 Å². The van der Waals surface area contributed by atoms with E-state index in [4.69, 9.17) is 0 Å². The Bertz CT molecular complexity index is 802. The number of rotatable bonds is 19. The molecule has 0 fully saturated rings. The molecule has 0 unspecified atom stereocenters. The van der Waals surface area contributed by atoms with Gasteiger partial charge in [-0.05, 0) is 19.3 Å². The van der Waals surface area contributed by atoms with Crippen LogP contribution in [0.25, 0.3) is 0 Å². The third-order valence-corrected chi connectivity index (χ3v) is 9.80. The molecule has 0 amide bonds. The summed E-state index contributed by atoms with van der Waals surface area (Å²) >= 11 is 0. The van der Waals surface area contributed by atoms with Crippen LogP contribution in [0.3, 0.4) is 0 Å².